The zero-order valence-corrected chi connectivity index (χ0v) is 21.2. The van der Waals surface area contributed by atoms with E-state index in [1.807, 2.05) is 19.2 Å². The van der Waals surface area contributed by atoms with Crippen molar-refractivity contribution < 1.29 is 9.53 Å². The van der Waals surface area contributed by atoms with Crippen molar-refractivity contribution in [3.05, 3.63) is 48.8 Å². The normalized spacial score (nSPS) is 41.5. The van der Waals surface area contributed by atoms with Crippen LogP contribution in [0.15, 0.2) is 48.8 Å². The van der Waals surface area contributed by atoms with Crippen molar-refractivity contribution in [2.75, 3.05) is 7.05 Å². The highest BCUT2D eigenvalue weighted by Gasteiger charge is 2.64. The Morgan fingerprint density at radius 1 is 1.00 bits per heavy atom. The summed E-state index contributed by atoms with van der Waals surface area (Å²) in [5.74, 6) is 4.01. The molecule has 0 N–H and O–H groups in total. The van der Waals surface area contributed by atoms with Gasteiger partial charge in [0.25, 0.3) is 0 Å². The van der Waals surface area contributed by atoms with Gasteiger partial charge in [-0.1, -0.05) is 27.2 Å². The van der Waals surface area contributed by atoms with Crippen molar-refractivity contribution in [1.82, 2.24) is 9.47 Å². The fourth-order valence-electron chi connectivity index (χ4n) is 8.98. The average Bonchev–Trinajstić information content (AvgIpc) is 3.49. The van der Waals surface area contributed by atoms with Crippen LogP contribution in [0.5, 0.6) is 5.75 Å². The van der Waals surface area contributed by atoms with E-state index in [-0.39, 0.29) is 23.5 Å². The van der Waals surface area contributed by atoms with Crippen LogP contribution in [0.4, 0.5) is 0 Å². The minimum Gasteiger partial charge on any atom is -0.489 e. The molecule has 4 heteroatoms. The maximum atomic E-state index is 13.1. The number of piperidine rings is 1. The van der Waals surface area contributed by atoms with Gasteiger partial charge in [-0.3, -0.25) is 4.79 Å². The molecule has 34 heavy (non-hydrogen) atoms. The molecule has 1 amide bonds. The molecule has 1 aromatic carbocycles. The molecule has 0 spiro atoms. The van der Waals surface area contributed by atoms with E-state index in [4.69, 9.17) is 4.74 Å². The quantitative estimate of drug-likeness (QED) is 0.536. The second kappa shape index (κ2) is 7.90. The van der Waals surface area contributed by atoms with Gasteiger partial charge in [-0.2, -0.15) is 0 Å². The zero-order valence-electron chi connectivity index (χ0n) is 21.2. The van der Waals surface area contributed by atoms with Crippen LogP contribution in [-0.2, 0) is 4.79 Å². The number of fused-ring (bicyclic) bond motifs is 5. The SMILES string of the molecule is CC1CC2N(C)C(=O)CC(Oc3ccc(-n4cccc4)cc3)[C@]2(C)[C@@H]2CC[C@]3(C)CCC[C@H]3[C@H]12. The molecule has 4 fully saturated rings. The molecule has 3 saturated carbocycles. The van der Waals surface area contributed by atoms with Gasteiger partial charge in [-0.15, -0.1) is 0 Å². The summed E-state index contributed by atoms with van der Waals surface area (Å²) >= 11 is 0. The van der Waals surface area contributed by atoms with E-state index in [1.165, 1.54) is 32.1 Å². The summed E-state index contributed by atoms with van der Waals surface area (Å²) in [6, 6.07) is 12.7. The predicted octanol–water partition coefficient (Wildman–Crippen LogP) is 6.33. The number of carbonyl (C=O) groups excluding carboxylic acids is 1. The maximum Gasteiger partial charge on any atom is 0.226 e. The van der Waals surface area contributed by atoms with Crippen LogP contribution in [0.2, 0.25) is 0 Å². The highest BCUT2D eigenvalue weighted by atomic mass is 16.5. The van der Waals surface area contributed by atoms with Crippen LogP contribution in [0.3, 0.4) is 0 Å². The van der Waals surface area contributed by atoms with Crippen LogP contribution in [0, 0.1) is 34.5 Å². The van der Waals surface area contributed by atoms with Crippen molar-refractivity contribution in [2.45, 2.75) is 77.9 Å². The largest absolute Gasteiger partial charge is 0.489 e. The summed E-state index contributed by atoms with van der Waals surface area (Å²) in [4.78, 5) is 15.2. The van der Waals surface area contributed by atoms with E-state index in [0.29, 0.717) is 23.7 Å². The van der Waals surface area contributed by atoms with E-state index in [0.717, 1.165) is 29.7 Å². The number of carbonyl (C=O) groups is 1. The van der Waals surface area contributed by atoms with E-state index in [9.17, 15) is 4.79 Å². The number of amides is 1. The Kier molecular flexibility index (Phi) is 5.17. The second-order valence-electron chi connectivity index (χ2n) is 12.4. The number of hydrogen-bond donors (Lipinski definition) is 0. The molecule has 3 unspecified atom stereocenters. The number of aromatic nitrogens is 1. The lowest BCUT2D eigenvalue weighted by molar-refractivity contribution is -0.189. The van der Waals surface area contributed by atoms with Gasteiger partial charge in [0.1, 0.15) is 11.9 Å². The van der Waals surface area contributed by atoms with Gasteiger partial charge in [0.2, 0.25) is 5.91 Å². The molecule has 2 heterocycles. The summed E-state index contributed by atoms with van der Waals surface area (Å²) in [7, 11) is 2.04. The first kappa shape index (κ1) is 22.2. The first-order valence-electron chi connectivity index (χ1n) is 13.5. The Bertz CT molecular complexity index is 1050. The molecule has 4 nitrogen and oxygen atoms in total. The fraction of sp³-hybridized carbons (Fsp3) is 0.633. The molecule has 1 saturated heterocycles. The third-order valence-corrected chi connectivity index (χ3v) is 10.8. The Hall–Kier alpha value is -2.23. The number of rotatable bonds is 3. The van der Waals surface area contributed by atoms with Crippen LogP contribution < -0.4 is 4.74 Å². The molecule has 0 bridgehead atoms. The molecule has 8 atom stereocenters. The van der Waals surface area contributed by atoms with Gasteiger partial charge in [-0.25, -0.2) is 0 Å². The molecular formula is C30H40N2O2. The highest BCUT2D eigenvalue weighted by Crippen LogP contribution is 2.66. The van der Waals surface area contributed by atoms with Crippen molar-refractivity contribution >= 4 is 5.91 Å². The van der Waals surface area contributed by atoms with Crippen molar-refractivity contribution in [3.8, 4) is 11.4 Å². The standard InChI is InChI=1S/C30H40N2O2/c1-20-18-25-30(3,24-13-15-29(2)14-7-8-23(29)28(20)24)26(19-27(33)31(25)4)34-22-11-9-21(10-12-22)32-16-5-6-17-32/h5-6,9-12,16-17,20,23-26,28H,7-8,13-15,18-19H2,1-4H3/t20?,23-,24+,25?,26?,28-,29-,30+/m0/s1. The zero-order chi connectivity index (χ0) is 23.7. The summed E-state index contributed by atoms with van der Waals surface area (Å²) in [6.45, 7) is 7.52. The lowest BCUT2D eigenvalue weighted by atomic mass is 9.44. The van der Waals surface area contributed by atoms with Gasteiger partial charge in [0.05, 0.1) is 6.42 Å². The first-order chi connectivity index (χ1) is 16.3. The van der Waals surface area contributed by atoms with Crippen molar-refractivity contribution in [1.29, 1.82) is 0 Å². The predicted molar refractivity (Wildman–Crippen MR) is 135 cm³/mol. The Labute approximate surface area is 204 Å². The van der Waals surface area contributed by atoms with Gasteiger partial charge in [0.15, 0.2) is 0 Å². The molecule has 2 aromatic rings. The van der Waals surface area contributed by atoms with E-state index in [2.05, 4.69) is 66.9 Å². The monoisotopic (exact) mass is 460 g/mol. The lowest BCUT2D eigenvalue weighted by Gasteiger charge is -2.64. The lowest BCUT2D eigenvalue weighted by Crippen LogP contribution is -2.68. The van der Waals surface area contributed by atoms with Crippen molar-refractivity contribution in [3.63, 3.8) is 0 Å². The highest BCUT2D eigenvalue weighted by molar-refractivity contribution is 5.78. The third-order valence-electron chi connectivity index (χ3n) is 10.8. The Morgan fingerprint density at radius 3 is 2.47 bits per heavy atom. The molecule has 3 aliphatic carbocycles. The topological polar surface area (TPSA) is 34.5 Å². The van der Waals surface area contributed by atoms with E-state index in [1.54, 1.807) is 0 Å². The Morgan fingerprint density at radius 2 is 1.74 bits per heavy atom. The van der Waals surface area contributed by atoms with Crippen LogP contribution in [-0.4, -0.2) is 34.6 Å². The van der Waals surface area contributed by atoms with Crippen LogP contribution in [0.25, 0.3) is 5.69 Å². The summed E-state index contributed by atoms with van der Waals surface area (Å²) in [5.41, 5.74) is 1.64. The third kappa shape index (κ3) is 3.20. The van der Waals surface area contributed by atoms with Gasteiger partial charge in [0, 0.05) is 36.6 Å². The van der Waals surface area contributed by atoms with Gasteiger partial charge >= 0.3 is 0 Å². The Balaban J connectivity index is 1.33. The first-order valence-corrected chi connectivity index (χ1v) is 13.5. The molecule has 4 aliphatic rings. The molecule has 1 aliphatic heterocycles. The average molecular weight is 461 g/mol. The number of nitrogens with zero attached hydrogens (tertiary/aromatic N) is 2. The van der Waals surface area contributed by atoms with E-state index < -0.39 is 0 Å². The molecule has 0 radical (unpaired) electrons. The molecule has 182 valence electrons. The molecule has 1 aromatic heterocycles. The minimum absolute atomic E-state index is 0.0111. The van der Waals surface area contributed by atoms with Crippen LogP contribution in [0.1, 0.15) is 65.7 Å². The summed E-state index contributed by atoms with van der Waals surface area (Å²) in [5, 5.41) is 0. The minimum atomic E-state index is -0.0654. The van der Waals surface area contributed by atoms with Crippen molar-refractivity contribution in [2.24, 2.45) is 34.5 Å². The van der Waals surface area contributed by atoms with Gasteiger partial charge < -0.3 is 14.2 Å². The van der Waals surface area contributed by atoms with Gasteiger partial charge in [-0.05, 0) is 97.6 Å². The second-order valence-corrected chi connectivity index (χ2v) is 12.4. The number of likely N-dealkylation sites (tertiary alicyclic amines) is 1. The molecular weight excluding hydrogens is 420 g/mol. The smallest absolute Gasteiger partial charge is 0.226 e. The summed E-state index contributed by atoms with van der Waals surface area (Å²) < 4.78 is 8.89. The number of ether oxygens (including phenoxy) is 1. The number of benzene rings is 1. The molecule has 6 rings (SSSR count). The van der Waals surface area contributed by atoms with E-state index >= 15 is 0 Å². The van der Waals surface area contributed by atoms with Crippen LogP contribution >= 0.6 is 0 Å². The number of hydrogen-bond acceptors (Lipinski definition) is 2. The maximum absolute atomic E-state index is 13.1. The fourth-order valence-corrected chi connectivity index (χ4v) is 8.98. The summed E-state index contributed by atoms with van der Waals surface area (Å²) in [6.07, 6.45) is 12.5.